The van der Waals surface area contributed by atoms with Gasteiger partial charge in [-0.2, -0.15) is 13.9 Å². The molecule has 2 aromatic rings. The fourth-order valence-corrected chi connectivity index (χ4v) is 1.62. The summed E-state index contributed by atoms with van der Waals surface area (Å²) >= 11 is 0. The highest BCUT2D eigenvalue weighted by Crippen LogP contribution is 2.20. The summed E-state index contributed by atoms with van der Waals surface area (Å²) in [5.74, 6) is -0.315. The summed E-state index contributed by atoms with van der Waals surface area (Å²) in [6.07, 6.45) is 1.22. The molecular formula is C12H12F2N4O2. The van der Waals surface area contributed by atoms with Crippen LogP contribution in [-0.4, -0.2) is 27.7 Å². The number of hydrogen-bond donors (Lipinski definition) is 2. The molecule has 0 aliphatic rings. The van der Waals surface area contributed by atoms with Gasteiger partial charge >= 0.3 is 6.61 Å². The summed E-state index contributed by atoms with van der Waals surface area (Å²) in [4.78, 5) is 15.5. The van der Waals surface area contributed by atoms with E-state index in [0.717, 1.165) is 0 Å². The van der Waals surface area contributed by atoms with E-state index in [1.165, 1.54) is 18.5 Å². The van der Waals surface area contributed by atoms with E-state index in [1.807, 2.05) is 0 Å². The number of rotatable bonds is 5. The zero-order valence-corrected chi connectivity index (χ0v) is 10.5. The number of H-pyrrole nitrogens is 1. The fraction of sp³-hybridized carbons (Fsp3) is 0.250. The molecule has 0 spiro atoms. The van der Waals surface area contributed by atoms with Gasteiger partial charge in [-0.3, -0.25) is 9.89 Å². The van der Waals surface area contributed by atoms with Gasteiger partial charge < -0.3 is 10.1 Å². The van der Waals surface area contributed by atoms with E-state index in [0.29, 0.717) is 5.56 Å². The lowest BCUT2D eigenvalue weighted by atomic mass is 10.1. The normalized spacial score (nSPS) is 12.2. The summed E-state index contributed by atoms with van der Waals surface area (Å²) in [5.41, 5.74) is 0.635. The first kappa shape index (κ1) is 13.9. The van der Waals surface area contributed by atoms with Gasteiger partial charge in [0.25, 0.3) is 5.91 Å². The number of amides is 1. The molecule has 0 aliphatic carbocycles. The molecule has 1 heterocycles. The topological polar surface area (TPSA) is 79.9 Å². The molecule has 6 nitrogen and oxygen atoms in total. The predicted octanol–water partition coefficient (Wildman–Crippen LogP) is 1.90. The Hall–Kier alpha value is -2.51. The average molecular weight is 282 g/mol. The molecule has 0 saturated heterocycles. The monoisotopic (exact) mass is 282 g/mol. The van der Waals surface area contributed by atoms with Crippen LogP contribution >= 0.6 is 0 Å². The molecule has 1 aromatic heterocycles. The fourth-order valence-electron chi connectivity index (χ4n) is 1.62. The van der Waals surface area contributed by atoms with Crippen molar-refractivity contribution in [3.63, 3.8) is 0 Å². The second kappa shape index (κ2) is 6.09. The number of alkyl halides is 2. The maximum absolute atomic E-state index is 12.1. The van der Waals surface area contributed by atoms with Gasteiger partial charge in [-0.25, -0.2) is 4.98 Å². The van der Waals surface area contributed by atoms with Crippen LogP contribution in [0.2, 0.25) is 0 Å². The molecule has 20 heavy (non-hydrogen) atoms. The van der Waals surface area contributed by atoms with Crippen LogP contribution in [0.1, 0.15) is 29.1 Å². The molecule has 106 valence electrons. The average Bonchev–Trinajstić information content (AvgIpc) is 2.92. The lowest BCUT2D eigenvalue weighted by Crippen LogP contribution is -2.27. The first-order valence-electron chi connectivity index (χ1n) is 5.77. The Morgan fingerprint density at radius 2 is 2.25 bits per heavy atom. The first-order chi connectivity index (χ1) is 9.56. The molecule has 0 saturated carbocycles. The molecule has 8 heteroatoms. The number of carbonyl (C=O) groups excluding carboxylic acids is 1. The first-order valence-corrected chi connectivity index (χ1v) is 5.77. The number of nitrogens with zero attached hydrogens (tertiary/aromatic N) is 2. The van der Waals surface area contributed by atoms with Crippen LogP contribution in [0, 0.1) is 0 Å². The van der Waals surface area contributed by atoms with E-state index in [1.54, 1.807) is 19.1 Å². The molecule has 1 unspecified atom stereocenters. The van der Waals surface area contributed by atoms with Crippen LogP contribution in [0.25, 0.3) is 0 Å². The van der Waals surface area contributed by atoms with Gasteiger partial charge in [-0.15, -0.1) is 0 Å². The Morgan fingerprint density at radius 3 is 2.90 bits per heavy atom. The maximum Gasteiger partial charge on any atom is 0.387 e. The molecule has 0 bridgehead atoms. The van der Waals surface area contributed by atoms with Crippen LogP contribution in [0.15, 0.2) is 30.6 Å². The minimum Gasteiger partial charge on any atom is -0.435 e. The maximum atomic E-state index is 12.1. The number of aromatic amines is 1. The smallest absolute Gasteiger partial charge is 0.387 e. The van der Waals surface area contributed by atoms with Gasteiger partial charge in [0.15, 0.2) is 0 Å². The van der Waals surface area contributed by atoms with Crippen molar-refractivity contribution in [2.24, 2.45) is 0 Å². The number of benzene rings is 1. The number of aromatic nitrogens is 3. The second-order valence-electron chi connectivity index (χ2n) is 3.98. The summed E-state index contributed by atoms with van der Waals surface area (Å²) < 4.78 is 28.6. The van der Waals surface area contributed by atoms with Gasteiger partial charge in [-0.05, 0) is 24.6 Å². The molecule has 1 amide bonds. The van der Waals surface area contributed by atoms with Gasteiger partial charge in [0.1, 0.15) is 12.1 Å². The Labute approximate surface area is 113 Å². The van der Waals surface area contributed by atoms with E-state index >= 15 is 0 Å². The van der Waals surface area contributed by atoms with E-state index in [-0.39, 0.29) is 11.6 Å². The van der Waals surface area contributed by atoms with Crippen LogP contribution < -0.4 is 10.1 Å². The van der Waals surface area contributed by atoms with E-state index in [4.69, 9.17) is 0 Å². The van der Waals surface area contributed by atoms with E-state index < -0.39 is 18.6 Å². The van der Waals surface area contributed by atoms with Crippen LogP contribution in [0.4, 0.5) is 8.78 Å². The SMILES string of the molecule is CC(NC(=O)c1ncn[nH]1)c1cccc(OC(F)F)c1. The zero-order chi connectivity index (χ0) is 14.5. The van der Waals surface area contributed by atoms with Gasteiger partial charge in [0, 0.05) is 0 Å². The molecule has 0 fully saturated rings. The van der Waals surface area contributed by atoms with Crippen molar-refractivity contribution in [1.29, 1.82) is 0 Å². The molecule has 0 aliphatic heterocycles. The number of hydrogen-bond acceptors (Lipinski definition) is 4. The largest absolute Gasteiger partial charge is 0.435 e. The van der Waals surface area contributed by atoms with Crippen molar-refractivity contribution in [2.45, 2.75) is 19.6 Å². The molecule has 1 atom stereocenters. The standard InChI is InChI=1S/C12H12F2N4O2/c1-7(17-11(19)10-15-6-16-18-10)8-3-2-4-9(5-8)20-12(13)14/h2-7,12H,1H3,(H,17,19)(H,15,16,18). The van der Waals surface area contributed by atoms with Crippen molar-refractivity contribution in [2.75, 3.05) is 0 Å². The van der Waals surface area contributed by atoms with Gasteiger partial charge in [0.2, 0.25) is 5.82 Å². The van der Waals surface area contributed by atoms with Crippen molar-refractivity contribution in [3.8, 4) is 5.75 Å². The summed E-state index contributed by atoms with van der Waals surface area (Å²) in [6.45, 7) is -1.17. The highest BCUT2D eigenvalue weighted by atomic mass is 19.3. The molecule has 0 radical (unpaired) electrons. The number of nitrogens with one attached hydrogen (secondary N) is 2. The lowest BCUT2D eigenvalue weighted by molar-refractivity contribution is -0.0499. The third-order valence-corrected chi connectivity index (χ3v) is 2.56. The molecule has 2 N–H and O–H groups in total. The Bertz CT molecular complexity index is 575. The molecular weight excluding hydrogens is 270 g/mol. The second-order valence-corrected chi connectivity index (χ2v) is 3.98. The van der Waals surface area contributed by atoms with E-state index in [9.17, 15) is 13.6 Å². The van der Waals surface area contributed by atoms with Crippen LogP contribution in [-0.2, 0) is 0 Å². The third kappa shape index (κ3) is 3.50. The number of halogens is 2. The Kier molecular flexibility index (Phi) is 4.24. The quantitative estimate of drug-likeness (QED) is 0.877. The van der Waals surface area contributed by atoms with Crippen molar-refractivity contribution in [1.82, 2.24) is 20.5 Å². The Balaban J connectivity index is 2.05. The van der Waals surface area contributed by atoms with E-state index in [2.05, 4.69) is 25.2 Å². The highest BCUT2D eigenvalue weighted by molar-refractivity contribution is 5.90. The highest BCUT2D eigenvalue weighted by Gasteiger charge is 2.14. The third-order valence-electron chi connectivity index (χ3n) is 2.56. The predicted molar refractivity (Wildman–Crippen MR) is 65.3 cm³/mol. The lowest BCUT2D eigenvalue weighted by Gasteiger charge is -2.14. The van der Waals surface area contributed by atoms with Crippen LogP contribution in [0.3, 0.4) is 0 Å². The Morgan fingerprint density at radius 1 is 1.45 bits per heavy atom. The summed E-state index contributed by atoms with van der Waals surface area (Å²) in [6, 6.07) is 5.74. The van der Waals surface area contributed by atoms with Crippen molar-refractivity contribution in [3.05, 3.63) is 42.0 Å². The van der Waals surface area contributed by atoms with Gasteiger partial charge in [0.05, 0.1) is 6.04 Å². The summed E-state index contributed by atoms with van der Waals surface area (Å²) in [7, 11) is 0. The summed E-state index contributed by atoms with van der Waals surface area (Å²) in [5, 5.41) is 8.67. The van der Waals surface area contributed by atoms with Crippen molar-refractivity contribution >= 4 is 5.91 Å². The minimum atomic E-state index is -2.88. The minimum absolute atomic E-state index is 0.0401. The van der Waals surface area contributed by atoms with Crippen LogP contribution in [0.5, 0.6) is 5.75 Å². The number of carbonyl (C=O) groups is 1. The zero-order valence-electron chi connectivity index (χ0n) is 10.5. The van der Waals surface area contributed by atoms with Gasteiger partial charge in [-0.1, -0.05) is 12.1 Å². The van der Waals surface area contributed by atoms with Crippen molar-refractivity contribution < 1.29 is 18.3 Å². The molecule has 2 rings (SSSR count). The molecule has 1 aromatic carbocycles. The number of ether oxygens (including phenoxy) is 1.